The van der Waals surface area contributed by atoms with Gasteiger partial charge in [-0.25, -0.2) is 4.79 Å². The number of ether oxygens (including phenoxy) is 1. The zero-order valence-electron chi connectivity index (χ0n) is 16.4. The highest BCUT2D eigenvalue weighted by atomic mass is 35.5. The van der Waals surface area contributed by atoms with E-state index in [9.17, 15) is 9.59 Å². The number of aryl methyl sites for hydroxylation is 2. The van der Waals surface area contributed by atoms with Crippen LogP contribution in [-0.4, -0.2) is 54.3 Å². The maximum absolute atomic E-state index is 11.8. The van der Waals surface area contributed by atoms with Crippen molar-refractivity contribution in [3.05, 3.63) is 55.8 Å². The van der Waals surface area contributed by atoms with Crippen molar-refractivity contribution in [1.29, 1.82) is 0 Å². The molecule has 1 N–H and O–H groups in total. The zero-order chi connectivity index (χ0) is 20.1. The Labute approximate surface area is 169 Å². The number of unbranched alkanes of at least 4 members (excludes halogenated alkanes) is 1. The van der Waals surface area contributed by atoms with E-state index >= 15 is 0 Å². The number of aromatic nitrogens is 2. The lowest BCUT2D eigenvalue weighted by Crippen LogP contribution is -2.46. The summed E-state index contributed by atoms with van der Waals surface area (Å²) >= 11 is 6.15. The molecule has 7 nitrogen and oxygen atoms in total. The lowest BCUT2D eigenvalue weighted by atomic mass is 10.2. The van der Waals surface area contributed by atoms with Gasteiger partial charge in [0.2, 0.25) is 0 Å². The number of halogens is 1. The van der Waals surface area contributed by atoms with Crippen molar-refractivity contribution in [3.8, 4) is 5.75 Å². The standard InChI is InChI=1S/C20H27ClN4O3/c1-15-14-25(20(27)22-19(15)26)8-4-3-7-23-9-11-24(12-10-23)17-13-16(21)5-6-18(17)28-2/h5-6,13-14H,3-4,7-12H2,1-2H3,(H,22,26,27). The van der Waals surface area contributed by atoms with Crippen LogP contribution in [0.5, 0.6) is 5.75 Å². The predicted octanol–water partition coefficient (Wildman–Crippen LogP) is 2.11. The van der Waals surface area contributed by atoms with Crippen LogP contribution in [0.2, 0.25) is 5.02 Å². The van der Waals surface area contributed by atoms with Crippen LogP contribution in [-0.2, 0) is 6.54 Å². The second kappa shape index (κ2) is 9.30. The largest absolute Gasteiger partial charge is 0.495 e. The number of piperazine rings is 1. The number of nitrogens with one attached hydrogen (secondary N) is 1. The molecule has 1 aliphatic rings. The number of aromatic amines is 1. The third-order valence-corrected chi connectivity index (χ3v) is 5.40. The summed E-state index contributed by atoms with van der Waals surface area (Å²) in [5, 5.41) is 0.714. The van der Waals surface area contributed by atoms with Crippen LogP contribution in [0.4, 0.5) is 5.69 Å². The molecule has 0 aliphatic carbocycles. The minimum Gasteiger partial charge on any atom is -0.495 e. The van der Waals surface area contributed by atoms with Crippen LogP contribution in [0, 0.1) is 6.92 Å². The van der Waals surface area contributed by atoms with Gasteiger partial charge < -0.3 is 14.2 Å². The fourth-order valence-electron chi connectivity index (χ4n) is 3.52. The SMILES string of the molecule is COc1ccc(Cl)cc1N1CCN(CCCCn2cc(C)c(=O)[nH]c2=O)CC1. The van der Waals surface area contributed by atoms with E-state index in [0.717, 1.165) is 57.0 Å². The summed E-state index contributed by atoms with van der Waals surface area (Å²) < 4.78 is 7.05. The second-order valence-electron chi connectivity index (χ2n) is 7.12. The van der Waals surface area contributed by atoms with Crippen LogP contribution in [0.25, 0.3) is 0 Å². The van der Waals surface area contributed by atoms with Crippen LogP contribution in [0.1, 0.15) is 18.4 Å². The van der Waals surface area contributed by atoms with Gasteiger partial charge in [0.1, 0.15) is 5.75 Å². The molecule has 0 unspecified atom stereocenters. The summed E-state index contributed by atoms with van der Waals surface area (Å²) in [5.41, 5.74) is 0.963. The summed E-state index contributed by atoms with van der Waals surface area (Å²) in [4.78, 5) is 30.3. The average Bonchev–Trinajstić information content (AvgIpc) is 2.69. The minimum absolute atomic E-state index is 0.310. The van der Waals surface area contributed by atoms with Gasteiger partial charge in [-0.3, -0.25) is 14.7 Å². The zero-order valence-corrected chi connectivity index (χ0v) is 17.2. The summed E-state index contributed by atoms with van der Waals surface area (Å²) in [7, 11) is 1.68. The van der Waals surface area contributed by atoms with Gasteiger partial charge in [0.15, 0.2) is 0 Å². The lowest BCUT2D eigenvalue weighted by molar-refractivity contribution is 0.250. The third kappa shape index (κ3) is 4.97. The molecule has 0 spiro atoms. The smallest absolute Gasteiger partial charge is 0.328 e. The molecule has 28 heavy (non-hydrogen) atoms. The maximum atomic E-state index is 11.8. The number of benzene rings is 1. The van der Waals surface area contributed by atoms with Crippen LogP contribution < -0.4 is 20.9 Å². The van der Waals surface area contributed by atoms with Crippen molar-refractivity contribution in [1.82, 2.24) is 14.5 Å². The fourth-order valence-corrected chi connectivity index (χ4v) is 3.69. The Hall–Kier alpha value is -2.25. The Kier molecular flexibility index (Phi) is 6.80. The van der Waals surface area contributed by atoms with Crippen molar-refractivity contribution in [3.63, 3.8) is 0 Å². The van der Waals surface area contributed by atoms with Gasteiger partial charge in [-0.2, -0.15) is 0 Å². The summed E-state index contributed by atoms with van der Waals surface area (Å²) in [6, 6.07) is 5.71. The topological polar surface area (TPSA) is 70.6 Å². The summed E-state index contributed by atoms with van der Waals surface area (Å²) in [6.45, 7) is 7.14. The molecule has 0 bridgehead atoms. The average molecular weight is 407 g/mol. The molecule has 152 valence electrons. The van der Waals surface area contributed by atoms with E-state index < -0.39 is 0 Å². The van der Waals surface area contributed by atoms with Crippen molar-refractivity contribution in [2.45, 2.75) is 26.3 Å². The van der Waals surface area contributed by atoms with E-state index in [1.807, 2.05) is 18.2 Å². The van der Waals surface area contributed by atoms with Gasteiger partial charge in [-0.1, -0.05) is 11.6 Å². The predicted molar refractivity (Wildman–Crippen MR) is 112 cm³/mol. The monoisotopic (exact) mass is 406 g/mol. The lowest BCUT2D eigenvalue weighted by Gasteiger charge is -2.36. The molecule has 2 heterocycles. The Morgan fingerprint density at radius 1 is 1.11 bits per heavy atom. The summed E-state index contributed by atoms with van der Waals surface area (Å²) in [6.07, 6.45) is 3.54. The molecular weight excluding hydrogens is 380 g/mol. The van der Waals surface area contributed by atoms with Crippen LogP contribution in [0.3, 0.4) is 0 Å². The molecule has 1 aromatic carbocycles. The van der Waals surface area contributed by atoms with E-state index in [1.54, 1.807) is 24.8 Å². The van der Waals surface area contributed by atoms with E-state index in [4.69, 9.17) is 16.3 Å². The molecule has 0 radical (unpaired) electrons. The molecule has 0 amide bonds. The number of anilines is 1. The molecule has 1 fully saturated rings. The Morgan fingerprint density at radius 2 is 1.82 bits per heavy atom. The quantitative estimate of drug-likeness (QED) is 0.713. The first-order valence-corrected chi connectivity index (χ1v) is 9.97. The Bertz CT molecular complexity index is 916. The Morgan fingerprint density at radius 3 is 2.54 bits per heavy atom. The van der Waals surface area contributed by atoms with Crippen molar-refractivity contribution in [2.75, 3.05) is 44.7 Å². The maximum Gasteiger partial charge on any atom is 0.328 e. The normalized spacial score (nSPS) is 15.0. The molecule has 0 saturated carbocycles. The minimum atomic E-state index is -0.334. The number of rotatable bonds is 7. The highest BCUT2D eigenvalue weighted by Crippen LogP contribution is 2.31. The van der Waals surface area contributed by atoms with E-state index in [0.29, 0.717) is 17.1 Å². The Balaban J connectivity index is 1.45. The number of methoxy groups -OCH3 is 1. The number of hydrogen-bond acceptors (Lipinski definition) is 5. The first-order valence-electron chi connectivity index (χ1n) is 9.59. The number of H-pyrrole nitrogens is 1. The first kappa shape index (κ1) is 20.5. The van der Waals surface area contributed by atoms with E-state index in [-0.39, 0.29) is 11.2 Å². The molecule has 1 aliphatic heterocycles. The molecule has 2 aromatic rings. The highest BCUT2D eigenvalue weighted by molar-refractivity contribution is 6.30. The van der Waals surface area contributed by atoms with Crippen LogP contribution in [0.15, 0.2) is 34.0 Å². The third-order valence-electron chi connectivity index (χ3n) is 5.17. The fraction of sp³-hybridized carbons (Fsp3) is 0.500. The van der Waals surface area contributed by atoms with Gasteiger partial charge in [0.25, 0.3) is 5.56 Å². The van der Waals surface area contributed by atoms with E-state index in [1.165, 1.54) is 0 Å². The summed E-state index contributed by atoms with van der Waals surface area (Å²) in [5.74, 6) is 0.847. The van der Waals surface area contributed by atoms with Crippen molar-refractivity contribution >= 4 is 17.3 Å². The highest BCUT2D eigenvalue weighted by Gasteiger charge is 2.19. The molecular formula is C20H27ClN4O3. The van der Waals surface area contributed by atoms with Gasteiger partial charge in [0, 0.05) is 49.5 Å². The second-order valence-corrected chi connectivity index (χ2v) is 7.55. The van der Waals surface area contributed by atoms with Gasteiger partial charge in [0.05, 0.1) is 12.8 Å². The first-order chi connectivity index (χ1) is 13.5. The molecule has 3 rings (SSSR count). The number of hydrogen-bond donors (Lipinski definition) is 1. The molecule has 0 atom stereocenters. The molecule has 1 saturated heterocycles. The van der Waals surface area contributed by atoms with Crippen molar-refractivity contribution in [2.24, 2.45) is 0 Å². The number of nitrogens with zero attached hydrogens (tertiary/aromatic N) is 3. The van der Waals surface area contributed by atoms with E-state index in [2.05, 4.69) is 14.8 Å². The van der Waals surface area contributed by atoms with Gasteiger partial charge in [-0.15, -0.1) is 0 Å². The van der Waals surface area contributed by atoms with Crippen molar-refractivity contribution < 1.29 is 4.74 Å². The van der Waals surface area contributed by atoms with Crippen LogP contribution >= 0.6 is 11.6 Å². The van der Waals surface area contributed by atoms with Gasteiger partial charge >= 0.3 is 5.69 Å². The van der Waals surface area contributed by atoms with Gasteiger partial charge in [-0.05, 0) is 44.5 Å². The molecule has 8 heteroatoms. The molecule has 1 aromatic heterocycles.